The van der Waals surface area contributed by atoms with Gasteiger partial charge in [-0.15, -0.1) is 5.10 Å². The van der Waals surface area contributed by atoms with E-state index >= 15 is 0 Å². The van der Waals surface area contributed by atoms with Crippen LogP contribution in [0.4, 0.5) is 10.1 Å². The largest absolute Gasteiger partial charge is 0.478 e. The summed E-state index contributed by atoms with van der Waals surface area (Å²) in [5.74, 6) is -2.52. The van der Waals surface area contributed by atoms with Crippen LogP contribution in [0.3, 0.4) is 0 Å². The molecule has 8 heteroatoms. The van der Waals surface area contributed by atoms with Crippen LogP contribution in [0.2, 0.25) is 0 Å². The highest BCUT2D eigenvalue weighted by Crippen LogP contribution is 2.20. The monoisotopic (exact) mass is 295 g/mol. The summed E-state index contributed by atoms with van der Waals surface area (Å²) in [4.78, 5) is 23.4. The zero-order valence-corrected chi connectivity index (χ0v) is 11.2. The number of carboxylic acid groups (broad SMARTS) is 1. The zero-order valence-electron chi connectivity index (χ0n) is 10.4. The van der Waals surface area contributed by atoms with E-state index < -0.39 is 17.7 Å². The molecule has 1 heterocycles. The van der Waals surface area contributed by atoms with Crippen molar-refractivity contribution in [2.75, 3.05) is 5.32 Å². The fourth-order valence-corrected chi connectivity index (χ4v) is 2.24. The van der Waals surface area contributed by atoms with E-state index in [1.807, 2.05) is 6.92 Å². The molecule has 1 aromatic carbocycles. The van der Waals surface area contributed by atoms with E-state index in [1.165, 1.54) is 6.07 Å². The third-order valence-corrected chi connectivity index (χ3v) is 3.32. The van der Waals surface area contributed by atoms with Crippen molar-refractivity contribution in [2.45, 2.75) is 13.3 Å². The van der Waals surface area contributed by atoms with Crippen LogP contribution < -0.4 is 5.32 Å². The summed E-state index contributed by atoms with van der Waals surface area (Å²) in [5, 5.41) is 15.2. The smallest absolute Gasteiger partial charge is 0.337 e. The molecule has 1 aromatic heterocycles. The van der Waals surface area contributed by atoms with Crippen LogP contribution in [-0.2, 0) is 6.42 Å². The highest BCUT2D eigenvalue weighted by atomic mass is 32.1. The van der Waals surface area contributed by atoms with E-state index in [9.17, 15) is 14.0 Å². The Morgan fingerprint density at radius 1 is 1.45 bits per heavy atom. The third-order valence-electron chi connectivity index (χ3n) is 2.56. The van der Waals surface area contributed by atoms with Crippen LogP contribution in [-0.4, -0.2) is 26.6 Å². The second-order valence-electron chi connectivity index (χ2n) is 3.85. The number of carboxylic acids is 1. The number of nitrogens with one attached hydrogen (secondary N) is 1. The van der Waals surface area contributed by atoms with E-state index in [0.29, 0.717) is 17.0 Å². The number of aryl methyl sites for hydroxylation is 1. The van der Waals surface area contributed by atoms with Crippen LogP contribution in [0, 0.1) is 5.82 Å². The predicted molar refractivity (Wildman–Crippen MR) is 70.6 cm³/mol. The van der Waals surface area contributed by atoms with E-state index in [2.05, 4.69) is 14.9 Å². The first-order valence-electron chi connectivity index (χ1n) is 5.68. The maximum absolute atomic E-state index is 13.0. The maximum Gasteiger partial charge on any atom is 0.337 e. The molecule has 2 N–H and O–H groups in total. The third kappa shape index (κ3) is 2.80. The number of halogens is 1. The molecule has 0 fully saturated rings. The Kier molecular flexibility index (Phi) is 4.04. The number of anilines is 1. The SMILES string of the molecule is CCc1nnsc1C(=O)Nc1ccc(F)cc1C(=O)O. The molecule has 0 radical (unpaired) electrons. The van der Waals surface area contributed by atoms with Crippen LogP contribution in [0.5, 0.6) is 0 Å². The first-order chi connectivity index (χ1) is 9.52. The summed E-state index contributed by atoms with van der Waals surface area (Å²) in [6.07, 6.45) is 0.536. The molecule has 0 aliphatic rings. The minimum absolute atomic E-state index is 0.0272. The predicted octanol–water partition coefficient (Wildman–Crippen LogP) is 2.19. The summed E-state index contributed by atoms with van der Waals surface area (Å²) in [5.41, 5.74) is 0.250. The van der Waals surface area contributed by atoms with Gasteiger partial charge in [0.25, 0.3) is 5.91 Å². The van der Waals surface area contributed by atoms with Crippen LogP contribution >= 0.6 is 11.5 Å². The molecule has 0 unspecified atom stereocenters. The van der Waals surface area contributed by atoms with E-state index in [1.54, 1.807) is 0 Å². The first-order valence-corrected chi connectivity index (χ1v) is 6.45. The number of benzene rings is 1. The van der Waals surface area contributed by atoms with Crippen molar-refractivity contribution in [3.63, 3.8) is 0 Å². The lowest BCUT2D eigenvalue weighted by atomic mass is 10.1. The Labute approximate surface area is 117 Å². The van der Waals surface area contributed by atoms with Crippen molar-refractivity contribution in [3.05, 3.63) is 40.2 Å². The number of rotatable bonds is 4. The molecule has 0 atom stereocenters. The van der Waals surface area contributed by atoms with Crippen molar-refractivity contribution in [1.29, 1.82) is 0 Å². The zero-order chi connectivity index (χ0) is 14.7. The second-order valence-corrected chi connectivity index (χ2v) is 4.61. The molecule has 6 nitrogen and oxygen atoms in total. The number of carbonyl (C=O) groups is 2. The van der Waals surface area contributed by atoms with Gasteiger partial charge in [-0.1, -0.05) is 11.4 Å². The topological polar surface area (TPSA) is 92.2 Å². The summed E-state index contributed by atoms with van der Waals surface area (Å²) >= 11 is 0.924. The molecule has 0 aliphatic heterocycles. The number of nitrogens with zero attached hydrogens (tertiary/aromatic N) is 2. The van der Waals surface area contributed by atoms with E-state index in [-0.39, 0.29) is 11.3 Å². The van der Waals surface area contributed by atoms with Gasteiger partial charge in [0, 0.05) is 0 Å². The Bertz CT molecular complexity index is 672. The molecular formula is C12H10FN3O3S. The lowest BCUT2D eigenvalue weighted by molar-refractivity contribution is 0.0697. The van der Waals surface area contributed by atoms with Gasteiger partial charge in [-0.3, -0.25) is 4.79 Å². The molecule has 0 aliphatic carbocycles. The molecule has 0 bridgehead atoms. The summed E-state index contributed by atoms with van der Waals surface area (Å²) < 4.78 is 16.7. The van der Waals surface area contributed by atoms with E-state index in [0.717, 1.165) is 23.7 Å². The standard InChI is InChI=1S/C12H10FN3O3S/c1-2-8-10(20-16-15-8)11(17)14-9-4-3-6(13)5-7(9)12(18)19/h3-5H,2H2,1H3,(H,14,17)(H,18,19). The molecule has 1 amide bonds. The molecule has 0 saturated carbocycles. The fourth-order valence-electron chi connectivity index (χ4n) is 1.59. The normalized spacial score (nSPS) is 10.3. The van der Waals surface area contributed by atoms with Crippen LogP contribution in [0.25, 0.3) is 0 Å². The molecule has 20 heavy (non-hydrogen) atoms. The minimum Gasteiger partial charge on any atom is -0.478 e. The highest BCUT2D eigenvalue weighted by molar-refractivity contribution is 7.08. The summed E-state index contributed by atoms with van der Waals surface area (Å²) in [7, 11) is 0. The fraction of sp³-hybridized carbons (Fsp3) is 0.167. The molecule has 2 rings (SSSR count). The van der Waals surface area contributed by atoms with Gasteiger partial charge in [-0.05, 0) is 36.2 Å². The van der Waals surface area contributed by atoms with Crippen molar-refractivity contribution >= 4 is 29.1 Å². The lowest BCUT2D eigenvalue weighted by Crippen LogP contribution is -2.15. The Morgan fingerprint density at radius 3 is 2.85 bits per heavy atom. The lowest BCUT2D eigenvalue weighted by Gasteiger charge is -2.07. The van der Waals surface area contributed by atoms with Crippen molar-refractivity contribution < 1.29 is 19.1 Å². The highest BCUT2D eigenvalue weighted by Gasteiger charge is 2.18. The number of hydrogen-bond donors (Lipinski definition) is 2. The average Bonchev–Trinajstić information content (AvgIpc) is 2.89. The van der Waals surface area contributed by atoms with Crippen LogP contribution in [0.1, 0.15) is 32.6 Å². The molecule has 0 saturated heterocycles. The Hall–Kier alpha value is -2.35. The number of hydrogen-bond acceptors (Lipinski definition) is 5. The Morgan fingerprint density at radius 2 is 2.20 bits per heavy atom. The number of amides is 1. The van der Waals surface area contributed by atoms with Crippen molar-refractivity contribution in [1.82, 2.24) is 9.59 Å². The van der Waals surface area contributed by atoms with Gasteiger partial charge in [-0.2, -0.15) is 0 Å². The number of carbonyl (C=O) groups excluding carboxylic acids is 1. The second kappa shape index (κ2) is 5.74. The summed E-state index contributed by atoms with van der Waals surface area (Å²) in [6, 6.07) is 3.13. The van der Waals surface area contributed by atoms with Crippen molar-refractivity contribution in [3.8, 4) is 0 Å². The van der Waals surface area contributed by atoms with E-state index in [4.69, 9.17) is 5.11 Å². The quantitative estimate of drug-likeness (QED) is 0.902. The van der Waals surface area contributed by atoms with Gasteiger partial charge in [0.2, 0.25) is 0 Å². The average molecular weight is 295 g/mol. The Balaban J connectivity index is 2.31. The number of aromatic nitrogens is 2. The van der Waals surface area contributed by atoms with Gasteiger partial charge in [0.1, 0.15) is 10.7 Å². The van der Waals surface area contributed by atoms with Crippen molar-refractivity contribution in [2.24, 2.45) is 0 Å². The molecule has 0 spiro atoms. The summed E-state index contributed by atoms with van der Waals surface area (Å²) in [6.45, 7) is 1.83. The minimum atomic E-state index is -1.32. The molecule has 104 valence electrons. The first kappa shape index (κ1) is 14.1. The van der Waals surface area contributed by atoms with Gasteiger partial charge in [0.05, 0.1) is 16.9 Å². The molecule has 2 aromatic rings. The number of aromatic carboxylic acids is 1. The van der Waals surface area contributed by atoms with Gasteiger partial charge < -0.3 is 10.4 Å². The van der Waals surface area contributed by atoms with Gasteiger partial charge in [-0.25, -0.2) is 9.18 Å². The molecular weight excluding hydrogens is 285 g/mol. The van der Waals surface area contributed by atoms with Crippen LogP contribution in [0.15, 0.2) is 18.2 Å². The van der Waals surface area contributed by atoms with Gasteiger partial charge >= 0.3 is 5.97 Å². The maximum atomic E-state index is 13.0. The van der Waals surface area contributed by atoms with Gasteiger partial charge in [0.15, 0.2) is 0 Å².